The van der Waals surface area contributed by atoms with E-state index < -0.39 is 0 Å². The minimum absolute atomic E-state index is 0.441. The van der Waals surface area contributed by atoms with E-state index in [4.69, 9.17) is 10.00 Å². The van der Waals surface area contributed by atoms with Gasteiger partial charge in [-0.25, -0.2) is 4.98 Å². The molecular formula is C9H12N2OS. The van der Waals surface area contributed by atoms with Crippen LogP contribution in [0.4, 0.5) is 0 Å². The molecule has 1 rings (SSSR count). The maximum Gasteiger partial charge on any atom is 0.0929 e. The van der Waals surface area contributed by atoms with Crippen molar-refractivity contribution in [2.24, 2.45) is 0 Å². The van der Waals surface area contributed by atoms with Crippen LogP contribution in [0.15, 0.2) is 0 Å². The van der Waals surface area contributed by atoms with E-state index in [2.05, 4.69) is 18.0 Å². The minimum Gasteiger partial charge on any atom is -0.378 e. The van der Waals surface area contributed by atoms with Gasteiger partial charge in [-0.05, 0) is 6.42 Å². The van der Waals surface area contributed by atoms with E-state index in [0.29, 0.717) is 13.0 Å². The number of nitriles is 1. The van der Waals surface area contributed by atoms with Gasteiger partial charge in [0.15, 0.2) is 0 Å². The van der Waals surface area contributed by atoms with Gasteiger partial charge >= 0.3 is 0 Å². The number of thiazole rings is 1. The summed E-state index contributed by atoms with van der Waals surface area (Å²) in [5.74, 6) is 0. The Labute approximate surface area is 82.0 Å². The van der Waals surface area contributed by atoms with Crippen LogP contribution in [0.5, 0.6) is 0 Å². The molecule has 0 fully saturated rings. The first-order chi connectivity index (χ1) is 6.31. The average molecular weight is 196 g/mol. The molecule has 0 aliphatic rings. The van der Waals surface area contributed by atoms with E-state index in [0.717, 1.165) is 22.0 Å². The number of rotatable bonds is 4. The van der Waals surface area contributed by atoms with Gasteiger partial charge in [0.2, 0.25) is 0 Å². The highest BCUT2D eigenvalue weighted by molar-refractivity contribution is 7.11. The molecule has 0 amide bonds. The summed E-state index contributed by atoms with van der Waals surface area (Å²) in [6, 6.07) is 2.14. The minimum atomic E-state index is 0.441. The third kappa shape index (κ3) is 2.51. The van der Waals surface area contributed by atoms with Crippen molar-refractivity contribution in [3.63, 3.8) is 0 Å². The van der Waals surface area contributed by atoms with Crippen LogP contribution in [0.2, 0.25) is 0 Å². The molecule has 0 aliphatic carbocycles. The molecule has 13 heavy (non-hydrogen) atoms. The van der Waals surface area contributed by atoms with Crippen LogP contribution in [0, 0.1) is 11.3 Å². The molecule has 0 aliphatic heterocycles. The maximum atomic E-state index is 8.58. The van der Waals surface area contributed by atoms with Gasteiger partial charge in [0.25, 0.3) is 0 Å². The third-order valence-corrected chi connectivity index (χ3v) is 2.89. The topological polar surface area (TPSA) is 45.9 Å². The largest absolute Gasteiger partial charge is 0.378 e. The lowest BCUT2D eigenvalue weighted by Gasteiger charge is -1.94. The smallest absolute Gasteiger partial charge is 0.0929 e. The predicted molar refractivity (Wildman–Crippen MR) is 51.5 cm³/mol. The predicted octanol–water partition coefficient (Wildman–Crippen LogP) is 1.92. The van der Waals surface area contributed by atoms with Gasteiger partial charge in [-0.3, -0.25) is 0 Å². The summed E-state index contributed by atoms with van der Waals surface area (Å²) in [5, 5.41) is 9.66. The van der Waals surface area contributed by atoms with Gasteiger partial charge in [-0.15, -0.1) is 11.3 Å². The van der Waals surface area contributed by atoms with Crippen molar-refractivity contribution in [3.05, 3.63) is 15.6 Å². The van der Waals surface area contributed by atoms with E-state index in [1.807, 2.05) is 0 Å². The average Bonchev–Trinajstić information content (AvgIpc) is 2.50. The van der Waals surface area contributed by atoms with Crippen molar-refractivity contribution in [2.75, 3.05) is 7.11 Å². The molecule has 1 heterocycles. The summed E-state index contributed by atoms with van der Waals surface area (Å²) in [5.41, 5.74) is 0.922. The molecule has 0 aromatic carbocycles. The Bertz CT molecular complexity index is 314. The molecule has 3 nitrogen and oxygen atoms in total. The van der Waals surface area contributed by atoms with Crippen LogP contribution >= 0.6 is 11.3 Å². The molecule has 1 aromatic rings. The first-order valence-electron chi connectivity index (χ1n) is 4.15. The Balaban J connectivity index is 2.87. The van der Waals surface area contributed by atoms with Crippen molar-refractivity contribution in [1.82, 2.24) is 4.98 Å². The summed E-state index contributed by atoms with van der Waals surface area (Å²) in [7, 11) is 1.64. The molecule has 0 atom stereocenters. The Morgan fingerprint density at radius 1 is 1.62 bits per heavy atom. The van der Waals surface area contributed by atoms with Crippen LogP contribution in [0.25, 0.3) is 0 Å². The summed E-state index contributed by atoms with van der Waals surface area (Å²) in [6.07, 6.45) is 1.36. The van der Waals surface area contributed by atoms with E-state index in [-0.39, 0.29) is 0 Å². The van der Waals surface area contributed by atoms with E-state index in [9.17, 15) is 0 Å². The van der Waals surface area contributed by atoms with Crippen LogP contribution in [-0.4, -0.2) is 12.1 Å². The SMILES string of the molecule is CCc1nc(COC)c(CC#N)s1. The van der Waals surface area contributed by atoms with Gasteiger partial charge in [-0.2, -0.15) is 5.26 Å². The van der Waals surface area contributed by atoms with Crippen molar-refractivity contribution in [3.8, 4) is 6.07 Å². The van der Waals surface area contributed by atoms with Gasteiger partial charge < -0.3 is 4.74 Å². The number of methoxy groups -OCH3 is 1. The highest BCUT2D eigenvalue weighted by Gasteiger charge is 2.08. The van der Waals surface area contributed by atoms with Gasteiger partial charge in [0, 0.05) is 12.0 Å². The van der Waals surface area contributed by atoms with Gasteiger partial charge in [0.1, 0.15) is 0 Å². The zero-order valence-corrected chi connectivity index (χ0v) is 8.65. The molecule has 4 heteroatoms. The molecule has 0 bridgehead atoms. The summed E-state index contributed by atoms with van der Waals surface area (Å²) in [4.78, 5) is 5.42. The Kier molecular flexibility index (Phi) is 3.87. The Hall–Kier alpha value is -0.920. The molecular weight excluding hydrogens is 184 g/mol. The molecule has 0 spiro atoms. The highest BCUT2D eigenvalue weighted by Crippen LogP contribution is 2.20. The van der Waals surface area contributed by atoms with Gasteiger partial charge in [-0.1, -0.05) is 6.92 Å². The quantitative estimate of drug-likeness (QED) is 0.739. The zero-order chi connectivity index (χ0) is 9.68. The first-order valence-corrected chi connectivity index (χ1v) is 4.96. The van der Waals surface area contributed by atoms with Crippen molar-refractivity contribution in [2.45, 2.75) is 26.4 Å². The fraction of sp³-hybridized carbons (Fsp3) is 0.556. The van der Waals surface area contributed by atoms with Crippen molar-refractivity contribution < 1.29 is 4.74 Å². The molecule has 70 valence electrons. The molecule has 0 radical (unpaired) electrons. The van der Waals surface area contributed by atoms with E-state index in [1.54, 1.807) is 18.4 Å². The Morgan fingerprint density at radius 2 is 2.38 bits per heavy atom. The maximum absolute atomic E-state index is 8.58. The van der Waals surface area contributed by atoms with Crippen LogP contribution in [-0.2, 0) is 24.2 Å². The van der Waals surface area contributed by atoms with Crippen LogP contribution in [0.1, 0.15) is 22.5 Å². The number of hydrogen-bond acceptors (Lipinski definition) is 4. The number of ether oxygens (including phenoxy) is 1. The third-order valence-electron chi connectivity index (χ3n) is 1.65. The molecule has 0 N–H and O–H groups in total. The molecule has 0 saturated heterocycles. The van der Waals surface area contributed by atoms with E-state index in [1.165, 1.54) is 0 Å². The lowest BCUT2D eigenvalue weighted by molar-refractivity contribution is 0.181. The van der Waals surface area contributed by atoms with Crippen molar-refractivity contribution >= 4 is 11.3 Å². The number of aromatic nitrogens is 1. The zero-order valence-electron chi connectivity index (χ0n) is 7.83. The van der Waals surface area contributed by atoms with Crippen LogP contribution < -0.4 is 0 Å². The first kappa shape index (κ1) is 10.2. The number of aryl methyl sites for hydroxylation is 1. The number of nitrogens with zero attached hydrogens (tertiary/aromatic N) is 2. The lowest BCUT2D eigenvalue weighted by Crippen LogP contribution is -1.92. The molecule has 0 saturated carbocycles. The fourth-order valence-electron chi connectivity index (χ4n) is 1.05. The molecule has 1 aromatic heterocycles. The normalized spacial score (nSPS) is 9.92. The summed E-state index contributed by atoms with van der Waals surface area (Å²) in [6.45, 7) is 2.57. The highest BCUT2D eigenvalue weighted by atomic mass is 32.1. The lowest BCUT2D eigenvalue weighted by atomic mass is 10.3. The Morgan fingerprint density at radius 3 is 2.92 bits per heavy atom. The second kappa shape index (κ2) is 4.95. The molecule has 0 unspecified atom stereocenters. The second-order valence-electron chi connectivity index (χ2n) is 2.60. The summed E-state index contributed by atoms with van der Waals surface area (Å²) >= 11 is 1.61. The van der Waals surface area contributed by atoms with E-state index >= 15 is 0 Å². The second-order valence-corrected chi connectivity index (χ2v) is 3.77. The van der Waals surface area contributed by atoms with Crippen LogP contribution in [0.3, 0.4) is 0 Å². The summed E-state index contributed by atoms with van der Waals surface area (Å²) < 4.78 is 5.01. The standard InChI is InChI=1S/C9H12N2OS/c1-3-9-11-7(6-12-2)8(13-9)4-5-10/h3-4,6H2,1-2H3. The fourth-order valence-corrected chi connectivity index (χ4v) is 1.99. The van der Waals surface area contributed by atoms with Crippen molar-refractivity contribution in [1.29, 1.82) is 5.26 Å². The van der Waals surface area contributed by atoms with Gasteiger partial charge in [0.05, 0.1) is 29.8 Å². The number of hydrogen-bond donors (Lipinski definition) is 0. The monoisotopic (exact) mass is 196 g/mol.